The highest BCUT2D eigenvalue weighted by Gasteiger charge is 2.22. The van der Waals surface area contributed by atoms with Crippen molar-refractivity contribution in [1.82, 2.24) is 4.98 Å². The first kappa shape index (κ1) is 19.4. The van der Waals surface area contributed by atoms with Crippen molar-refractivity contribution >= 4 is 28.3 Å². The molecule has 3 rings (SSSR count). The van der Waals surface area contributed by atoms with Gasteiger partial charge >= 0.3 is 5.97 Å². The summed E-state index contributed by atoms with van der Waals surface area (Å²) in [5.41, 5.74) is 1.63. The van der Waals surface area contributed by atoms with Crippen LogP contribution < -0.4 is 10.1 Å². The highest BCUT2D eigenvalue weighted by molar-refractivity contribution is 7.14. The zero-order chi connectivity index (χ0) is 20.1. The molecule has 0 spiro atoms. The van der Waals surface area contributed by atoms with E-state index in [2.05, 4.69) is 10.3 Å². The number of carbonyl (C=O) groups is 2. The molecule has 1 atom stereocenters. The van der Waals surface area contributed by atoms with Crippen LogP contribution in [0.4, 0.5) is 5.13 Å². The lowest BCUT2D eigenvalue weighted by atomic mass is 10.2. The number of phenols is 1. The molecule has 7 nitrogen and oxygen atoms in total. The van der Waals surface area contributed by atoms with Crippen LogP contribution >= 0.6 is 11.3 Å². The number of hydrogen-bond donors (Lipinski definition) is 2. The third kappa shape index (κ3) is 4.47. The molecule has 0 aliphatic carbocycles. The van der Waals surface area contributed by atoms with E-state index in [9.17, 15) is 14.7 Å². The number of esters is 1. The molecule has 0 unspecified atom stereocenters. The quantitative estimate of drug-likeness (QED) is 0.615. The first-order valence-corrected chi connectivity index (χ1v) is 9.25. The number of anilines is 1. The average molecular weight is 398 g/mol. The molecule has 1 heterocycles. The molecule has 0 fully saturated rings. The van der Waals surface area contributed by atoms with E-state index in [1.807, 2.05) is 35.7 Å². The minimum Gasteiger partial charge on any atom is -0.507 e. The van der Waals surface area contributed by atoms with Crippen LogP contribution in [-0.4, -0.2) is 35.2 Å². The summed E-state index contributed by atoms with van der Waals surface area (Å²) >= 11 is 1.27. The van der Waals surface area contributed by atoms with Crippen LogP contribution in [0.15, 0.2) is 53.9 Å². The van der Waals surface area contributed by atoms with Gasteiger partial charge in [0.25, 0.3) is 5.91 Å². The normalized spacial score (nSPS) is 11.5. The lowest BCUT2D eigenvalue weighted by Crippen LogP contribution is -2.30. The lowest BCUT2D eigenvalue weighted by molar-refractivity contribution is -0.123. The topological polar surface area (TPSA) is 97.8 Å². The van der Waals surface area contributed by atoms with E-state index in [0.29, 0.717) is 10.9 Å². The molecule has 3 aromatic rings. The maximum atomic E-state index is 12.3. The molecule has 0 saturated heterocycles. The van der Waals surface area contributed by atoms with Crippen LogP contribution in [0.5, 0.6) is 11.5 Å². The maximum Gasteiger partial charge on any atom is 0.342 e. The minimum absolute atomic E-state index is 0.0546. The number of nitrogens with zero attached hydrogens (tertiary/aromatic N) is 1. The summed E-state index contributed by atoms with van der Waals surface area (Å²) in [4.78, 5) is 28.9. The van der Waals surface area contributed by atoms with E-state index in [0.717, 1.165) is 11.3 Å². The van der Waals surface area contributed by atoms with Crippen molar-refractivity contribution in [1.29, 1.82) is 0 Å². The summed E-state index contributed by atoms with van der Waals surface area (Å²) in [6.45, 7) is 1.44. The van der Waals surface area contributed by atoms with Gasteiger partial charge in [-0.1, -0.05) is 30.3 Å². The van der Waals surface area contributed by atoms with Gasteiger partial charge in [-0.25, -0.2) is 9.78 Å². The van der Waals surface area contributed by atoms with Crippen LogP contribution in [0.3, 0.4) is 0 Å². The number of aromatic nitrogens is 1. The Morgan fingerprint density at radius 1 is 1.18 bits per heavy atom. The predicted molar refractivity (Wildman–Crippen MR) is 106 cm³/mol. The zero-order valence-electron chi connectivity index (χ0n) is 15.2. The molecule has 1 aromatic heterocycles. The molecule has 1 amide bonds. The van der Waals surface area contributed by atoms with Crippen molar-refractivity contribution in [2.75, 3.05) is 12.4 Å². The standard InChI is InChI=1S/C20H18N2O5S/c1-12(27-19(25)15-9-8-14(26-2)10-17(15)23)18(24)22-20-21-16(11-28-20)13-6-4-3-5-7-13/h3-12,23H,1-2H3,(H,21,22,24)/t12-/m1/s1. The first-order chi connectivity index (χ1) is 13.5. The number of benzene rings is 2. The van der Waals surface area contributed by atoms with Gasteiger partial charge in [0.05, 0.1) is 12.8 Å². The van der Waals surface area contributed by atoms with Crippen LogP contribution in [0.25, 0.3) is 11.3 Å². The summed E-state index contributed by atoms with van der Waals surface area (Å²) in [7, 11) is 1.45. The number of thiazole rings is 1. The summed E-state index contributed by atoms with van der Waals surface area (Å²) in [6, 6.07) is 13.7. The molecular weight excluding hydrogens is 380 g/mol. The molecule has 28 heavy (non-hydrogen) atoms. The van der Waals surface area contributed by atoms with Crippen molar-refractivity contribution in [3.8, 4) is 22.8 Å². The maximum absolute atomic E-state index is 12.3. The van der Waals surface area contributed by atoms with Crippen molar-refractivity contribution < 1.29 is 24.2 Å². The van der Waals surface area contributed by atoms with E-state index < -0.39 is 18.0 Å². The number of phenolic OH excluding ortho intramolecular Hbond substituents is 1. The summed E-state index contributed by atoms with van der Waals surface area (Å²) in [5, 5.41) is 14.8. The van der Waals surface area contributed by atoms with Gasteiger partial charge < -0.3 is 14.6 Å². The number of rotatable bonds is 6. The number of hydrogen-bond acceptors (Lipinski definition) is 7. The first-order valence-electron chi connectivity index (χ1n) is 8.37. The summed E-state index contributed by atoms with van der Waals surface area (Å²) < 4.78 is 10.1. The Kier molecular flexibility index (Phi) is 5.90. The Balaban J connectivity index is 1.62. The van der Waals surface area contributed by atoms with Crippen LogP contribution in [-0.2, 0) is 9.53 Å². The van der Waals surface area contributed by atoms with Crippen molar-refractivity contribution in [2.24, 2.45) is 0 Å². The Hall–Kier alpha value is -3.39. The average Bonchev–Trinajstić information content (AvgIpc) is 3.16. The monoisotopic (exact) mass is 398 g/mol. The van der Waals surface area contributed by atoms with Crippen molar-refractivity contribution in [3.63, 3.8) is 0 Å². The fourth-order valence-corrected chi connectivity index (χ4v) is 3.09. The van der Waals surface area contributed by atoms with E-state index >= 15 is 0 Å². The van der Waals surface area contributed by atoms with Gasteiger partial charge in [-0.15, -0.1) is 11.3 Å². The molecule has 0 radical (unpaired) electrons. The number of amides is 1. The Morgan fingerprint density at radius 3 is 2.61 bits per heavy atom. The SMILES string of the molecule is COc1ccc(C(=O)O[C@H](C)C(=O)Nc2nc(-c3ccccc3)cs2)c(O)c1. The molecular formula is C20H18N2O5S. The van der Waals surface area contributed by atoms with Gasteiger partial charge in [0.15, 0.2) is 11.2 Å². The van der Waals surface area contributed by atoms with Gasteiger partial charge in [0.2, 0.25) is 0 Å². The van der Waals surface area contributed by atoms with Crippen molar-refractivity contribution in [3.05, 3.63) is 59.5 Å². The lowest BCUT2D eigenvalue weighted by Gasteiger charge is -2.13. The fraction of sp³-hybridized carbons (Fsp3) is 0.150. The third-order valence-electron chi connectivity index (χ3n) is 3.88. The minimum atomic E-state index is -1.07. The molecule has 0 aliphatic heterocycles. The van der Waals surface area contributed by atoms with E-state index in [1.54, 1.807) is 0 Å². The van der Waals surface area contributed by atoms with E-state index in [-0.39, 0.29) is 11.3 Å². The zero-order valence-corrected chi connectivity index (χ0v) is 16.0. The van der Waals surface area contributed by atoms with Crippen LogP contribution in [0.1, 0.15) is 17.3 Å². The second-order valence-electron chi connectivity index (χ2n) is 5.82. The summed E-state index contributed by atoms with van der Waals surface area (Å²) in [6.07, 6.45) is -1.07. The molecule has 8 heteroatoms. The van der Waals surface area contributed by atoms with Gasteiger partial charge in [-0.05, 0) is 19.1 Å². The summed E-state index contributed by atoms with van der Waals surface area (Å²) in [5.74, 6) is -1.22. The Labute approximate surface area is 165 Å². The van der Waals surface area contributed by atoms with Crippen molar-refractivity contribution in [2.45, 2.75) is 13.0 Å². The largest absolute Gasteiger partial charge is 0.507 e. The van der Waals surface area contributed by atoms with Crippen LogP contribution in [0, 0.1) is 0 Å². The molecule has 144 valence electrons. The van der Waals surface area contributed by atoms with Gasteiger partial charge in [-0.2, -0.15) is 0 Å². The molecule has 0 bridgehead atoms. The highest BCUT2D eigenvalue weighted by atomic mass is 32.1. The number of aromatic hydroxyl groups is 1. The fourth-order valence-electron chi connectivity index (χ4n) is 2.37. The van der Waals surface area contributed by atoms with Crippen LogP contribution in [0.2, 0.25) is 0 Å². The van der Waals surface area contributed by atoms with Gasteiger partial charge in [-0.3, -0.25) is 10.1 Å². The number of methoxy groups -OCH3 is 1. The molecule has 0 saturated carbocycles. The predicted octanol–water partition coefficient (Wildman–Crippen LogP) is 3.71. The third-order valence-corrected chi connectivity index (χ3v) is 4.64. The Bertz CT molecular complexity index is 987. The molecule has 2 aromatic carbocycles. The van der Waals surface area contributed by atoms with Gasteiger partial charge in [0, 0.05) is 17.0 Å². The Morgan fingerprint density at radius 2 is 1.93 bits per heavy atom. The molecule has 2 N–H and O–H groups in total. The van der Waals surface area contributed by atoms with E-state index in [1.165, 1.54) is 43.6 Å². The second kappa shape index (κ2) is 8.53. The number of nitrogens with one attached hydrogen (secondary N) is 1. The second-order valence-corrected chi connectivity index (χ2v) is 6.68. The highest BCUT2D eigenvalue weighted by Crippen LogP contribution is 2.26. The van der Waals surface area contributed by atoms with E-state index in [4.69, 9.17) is 9.47 Å². The number of ether oxygens (including phenoxy) is 2. The van der Waals surface area contributed by atoms with Gasteiger partial charge in [0.1, 0.15) is 17.1 Å². The molecule has 0 aliphatic rings. The smallest absolute Gasteiger partial charge is 0.342 e. The number of carbonyl (C=O) groups excluding carboxylic acids is 2.